The molecule has 6 N–H and O–H groups in total. The number of alkyl carbamates (subject to hydrolysis) is 2. The molecule has 21 heteroatoms. The Morgan fingerprint density at radius 3 is 1.54 bits per heavy atom. The molecular formula is C40H60FK2N7O11. The summed E-state index contributed by atoms with van der Waals surface area (Å²) in [6.45, 7) is 12.6. The van der Waals surface area contributed by atoms with E-state index in [1.54, 1.807) is 12.1 Å². The van der Waals surface area contributed by atoms with Crippen LogP contribution in [0.2, 0.25) is 0 Å². The van der Waals surface area contributed by atoms with Crippen LogP contribution in [0.4, 0.5) is 42.4 Å². The van der Waals surface area contributed by atoms with Crippen molar-refractivity contribution in [1.82, 2.24) is 10.6 Å². The number of piperidine rings is 1. The number of carbonyl (C=O) groups excluding carboxylic acids is 3. The van der Waals surface area contributed by atoms with Gasteiger partial charge in [-0.15, -0.1) is 0 Å². The van der Waals surface area contributed by atoms with Gasteiger partial charge in [-0.05, 0) is 128 Å². The van der Waals surface area contributed by atoms with E-state index in [1.165, 1.54) is 44.2 Å². The molecule has 0 unspecified atom stereocenters. The molecule has 2 aromatic carbocycles. The van der Waals surface area contributed by atoms with Crippen LogP contribution in [-0.4, -0.2) is 64.9 Å². The van der Waals surface area contributed by atoms with Crippen molar-refractivity contribution >= 4 is 47.1 Å². The van der Waals surface area contributed by atoms with Crippen LogP contribution >= 0.6 is 0 Å². The summed E-state index contributed by atoms with van der Waals surface area (Å²) in [6.07, 6.45) is 12.3. The first-order valence-electron chi connectivity index (χ1n) is 19.7. The Labute approximate surface area is 443 Å². The van der Waals surface area contributed by atoms with Crippen LogP contribution in [-0.2, 0) is 19.2 Å². The number of nitrogen functional groups attached to an aromatic ring is 2. The van der Waals surface area contributed by atoms with E-state index in [0.29, 0.717) is 22.8 Å². The van der Waals surface area contributed by atoms with Crippen LogP contribution in [0.3, 0.4) is 0 Å². The second kappa shape index (κ2) is 25.3. The second-order valence-electron chi connectivity index (χ2n) is 17.7. The number of nitrogens with one attached hydrogen (secondary N) is 2. The number of halogens is 1. The van der Waals surface area contributed by atoms with Gasteiger partial charge in [0.25, 0.3) is 12.2 Å². The molecule has 4 aliphatic rings. The standard InChI is InChI=1S/C19H28N4O4.C14H25NO2.C6H5FN2O2.CH2O3.2K.H/c1-18(2,3)27-17(24)21-14-11-19(12-14)6-8-22(9-7-19)15-5-4-13(20)10-16(15)23(25)26;1-13(2,3)17-12(16)15-11-9-14(10-11)7-5-4-6-8-14;7-5-2-1-4(8)3-6(5)9(10)11;2-1-4-3;;;/h4-5,10,14H,6-9,11-12,20H2,1-3H3,(H,21,24);11H,4-10H2,1-3H3,(H,15,16);1-3H,8H2;1,3H;;;/q;;;;2*+1;-1/p-1. The van der Waals surface area contributed by atoms with Crippen molar-refractivity contribution in [1.29, 1.82) is 0 Å². The van der Waals surface area contributed by atoms with Gasteiger partial charge in [0.15, 0.2) is 0 Å². The number of anilines is 3. The fraction of sp³-hybridized carbons (Fsp3) is 0.625. The summed E-state index contributed by atoms with van der Waals surface area (Å²) in [6, 6.07) is 8.57. The van der Waals surface area contributed by atoms with Crippen LogP contribution in [0.5, 0.6) is 0 Å². The summed E-state index contributed by atoms with van der Waals surface area (Å²) < 4.78 is 23.1. The molecule has 2 amide bonds. The van der Waals surface area contributed by atoms with Crippen LogP contribution in [0.1, 0.15) is 114 Å². The number of ether oxygens (including phenoxy) is 2. The van der Waals surface area contributed by atoms with Crippen molar-refractivity contribution in [2.24, 2.45) is 10.8 Å². The normalized spacial score (nSPS) is 18.3. The molecule has 2 aromatic rings. The molecular weight excluding hydrogens is 852 g/mol. The van der Waals surface area contributed by atoms with Crippen molar-refractivity contribution in [2.75, 3.05) is 29.5 Å². The Kier molecular flexibility index (Phi) is 23.6. The van der Waals surface area contributed by atoms with E-state index in [0.717, 1.165) is 63.7 Å². The average molecular weight is 912 g/mol. The third kappa shape index (κ3) is 19.2. The number of carbonyl (C=O) groups is 3. The van der Waals surface area contributed by atoms with Gasteiger partial charge in [-0.3, -0.25) is 25.0 Å². The summed E-state index contributed by atoms with van der Waals surface area (Å²) in [7, 11) is 0. The minimum atomic E-state index is -0.871. The molecule has 1 aliphatic heterocycles. The first kappa shape index (κ1) is 56.8. The van der Waals surface area contributed by atoms with Gasteiger partial charge in [-0.25, -0.2) is 9.59 Å². The number of hydrogen-bond acceptors (Lipinski definition) is 14. The third-order valence-corrected chi connectivity index (χ3v) is 10.6. The molecule has 1 heterocycles. The molecule has 330 valence electrons. The Morgan fingerprint density at radius 2 is 1.16 bits per heavy atom. The van der Waals surface area contributed by atoms with Crippen LogP contribution in [0, 0.1) is 36.9 Å². The summed E-state index contributed by atoms with van der Waals surface area (Å²) in [5.41, 5.74) is 11.5. The van der Waals surface area contributed by atoms with Crippen molar-refractivity contribution in [2.45, 2.75) is 135 Å². The van der Waals surface area contributed by atoms with Gasteiger partial charge in [0.05, 0.1) is 9.85 Å². The predicted molar refractivity (Wildman–Crippen MR) is 217 cm³/mol. The van der Waals surface area contributed by atoms with Gasteiger partial charge in [0.1, 0.15) is 16.9 Å². The minimum Gasteiger partial charge on any atom is -1.00 e. The van der Waals surface area contributed by atoms with Gasteiger partial charge >= 0.3 is 121 Å². The second-order valence-corrected chi connectivity index (χ2v) is 17.7. The Morgan fingerprint density at radius 1 is 0.770 bits per heavy atom. The number of nitro benzene ring substituents is 2. The fourth-order valence-electron chi connectivity index (χ4n) is 8.09. The van der Waals surface area contributed by atoms with Crippen molar-refractivity contribution < 1.29 is 152 Å². The molecule has 1 saturated heterocycles. The molecule has 3 saturated carbocycles. The van der Waals surface area contributed by atoms with Crippen LogP contribution in [0.15, 0.2) is 36.4 Å². The van der Waals surface area contributed by atoms with Crippen LogP contribution in [0.25, 0.3) is 0 Å². The van der Waals surface area contributed by atoms with Crippen molar-refractivity contribution in [3.8, 4) is 0 Å². The Balaban J connectivity index is 0.000000913. The SMILES string of the molecule is CC(C)(C)OC(=O)NC1CC2(CCCCC2)C1.CC(C)(C)OC(=O)NC1CC2(CCN(c3ccc(N)cc3[N+](=O)[O-])CC2)C1.Nc1ccc(F)c([N+](=O)[O-])c1.O=CO[O-].[H-].[K+].[K+]. The van der Waals surface area contributed by atoms with E-state index < -0.39 is 27.6 Å². The number of benzene rings is 2. The molecule has 0 atom stereocenters. The van der Waals surface area contributed by atoms with E-state index in [9.17, 15) is 34.2 Å². The van der Waals surface area contributed by atoms with Crippen LogP contribution < -0.4 is 135 Å². The molecule has 6 rings (SSSR count). The zero-order valence-corrected chi connectivity index (χ0v) is 43.0. The molecule has 0 aromatic heterocycles. The number of amides is 2. The maximum absolute atomic E-state index is 12.5. The quantitative estimate of drug-likeness (QED) is 0.0786. The molecule has 2 spiro atoms. The first-order valence-corrected chi connectivity index (χ1v) is 19.7. The molecule has 61 heavy (non-hydrogen) atoms. The summed E-state index contributed by atoms with van der Waals surface area (Å²) >= 11 is 0. The smallest absolute Gasteiger partial charge is 1.00 e. The summed E-state index contributed by atoms with van der Waals surface area (Å²) in [4.78, 5) is 57.0. The van der Waals surface area contributed by atoms with Gasteiger partial charge in [0, 0.05) is 48.7 Å². The van der Waals surface area contributed by atoms with Gasteiger partial charge in [-0.1, -0.05) is 19.3 Å². The average Bonchev–Trinajstić information content (AvgIpc) is 3.11. The molecule has 3 aliphatic carbocycles. The largest absolute Gasteiger partial charge is 1.00 e. The molecule has 0 bridgehead atoms. The van der Waals surface area contributed by atoms with Gasteiger partial charge in [-0.2, -0.15) is 4.39 Å². The number of rotatable bonds is 6. The monoisotopic (exact) mass is 911 g/mol. The zero-order valence-electron chi connectivity index (χ0n) is 37.8. The molecule has 18 nitrogen and oxygen atoms in total. The number of hydrogen-bond donors (Lipinski definition) is 4. The van der Waals surface area contributed by atoms with Gasteiger partial charge < -0.3 is 48.0 Å². The summed E-state index contributed by atoms with van der Waals surface area (Å²) in [5.74, 6) is -0.871. The third-order valence-electron chi connectivity index (χ3n) is 10.6. The number of nitrogens with two attached hydrogens (primary N) is 2. The first-order chi connectivity index (χ1) is 27.5. The van der Waals surface area contributed by atoms with E-state index in [4.69, 9.17) is 31.0 Å². The van der Waals surface area contributed by atoms with Gasteiger partial charge in [0.2, 0.25) is 5.82 Å². The van der Waals surface area contributed by atoms with E-state index in [-0.39, 0.29) is 151 Å². The predicted octanol–water partition coefficient (Wildman–Crippen LogP) is 0.946. The maximum atomic E-state index is 12.5. The summed E-state index contributed by atoms with van der Waals surface area (Å²) in [5, 5.41) is 35.8. The Bertz CT molecular complexity index is 1770. The van der Waals surface area contributed by atoms with Crippen molar-refractivity contribution in [3.63, 3.8) is 0 Å². The minimum absolute atomic E-state index is 0. The topological polar surface area (TPSA) is 268 Å². The number of nitro groups is 2. The fourth-order valence-corrected chi connectivity index (χ4v) is 8.09. The zero-order chi connectivity index (χ0) is 44.2. The maximum Gasteiger partial charge on any atom is 1.00 e. The number of nitrogens with zero attached hydrogens (tertiary/aromatic N) is 3. The molecule has 0 radical (unpaired) electrons. The van der Waals surface area contributed by atoms with Crippen molar-refractivity contribution in [3.05, 3.63) is 62.4 Å². The van der Waals surface area contributed by atoms with E-state index in [1.807, 2.05) is 41.5 Å². The van der Waals surface area contributed by atoms with E-state index in [2.05, 4.69) is 20.4 Å². The Hall–Kier alpha value is -2.19. The van der Waals surface area contributed by atoms with E-state index >= 15 is 0 Å². The molecule has 4 fully saturated rings.